The molecule has 0 aliphatic carbocycles. The number of aryl methyl sites for hydroxylation is 1. The van der Waals surface area contributed by atoms with Crippen molar-refractivity contribution in [3.63, 3.8) is 0 Å². The van der Waals surface area contributed by atoms with Crippen molar-refractivity contribution in [1.29, 1.82) is 0 Å². The Balaban J connectivity index is 1.85. The van der Waals surface area contributed by atoms with Gasteiger partial charge in [0.15, 0.2) is 0 Å². The van der Waals surface area contributed by atoms with E-state index in [2.05, 4.69) is 14.9 Å². The lowest BCUT2D eigenvalue weighted by Crippen LogP contribution is -2.54. The van der Waals surface area contributed by atoms with Crippen LogP contribution in [0.5, 0.6) is 0 Å². The van der Waals surface area contributed by atoms with Gasteiger partial charge < -0.3 is 14.8 Å². The first kappa shape index (κ1) is 16.2. The van der Waals surface area contributed by atoms with Crippen LogP contribution in [0.25, 0.3) is 0 Å². The van der Waals surface area contributed by atoms with E-state index in [1.54, 1.807) is 17.3 Å². The number of carbonyl (C=O) groups excluding carboxylic acids is 2. The van der Waals surface area contributed by atoms with Gasteiger partial charge in [-0.05, 0) is 44.5 Å². The third kappa shape index (κ3) is 3.18. The summed E-state index contributed by atoms with van der Waals surface area (Å²) in [6.07, 6.45) is 3.53. The van der Waals surface area contributed by atoms with Gasteiger partial charge in [0.05, 0.1) is 12.1 Å². The Morgan fingerprint density at radius 2 is 2.04 bits per heavy atom. The number of rotatable bonds is 3. The lowest BCUT2D eigenvalue weighted by Gasteiger charge is -2.31. The highest BCUT2D eigenvalue weighted by Crippen LogP contribution is 2.19. The topological polar surface area (TPSA) is 67.2 Å². The van der Waals surface area contributed by atoms with E-state index in [1.807, 2.05) is 39.0 Å². The molecule has 0 saturated carbocycles. The standard InChI is InChI=1S/C18H22N4O2/c1-12-9-21(11-17(23)20-12)18(24)16-8-13(2)22(14(16)3)10-15-4-6-19-7-5-15/h4-8,12H,9-11H2,1-3H3,(H,20,23). The molecule has 3 heterocycles. The van der Waals surface area contributed by atoms with E-state index in [4.69, 9.17) is 0 Å². The van der Waals surface area contributed by atoms with Crippen LogP contribution >= 0.6 is 0 Å². The molecule has 24 heavy (non-hydrogen) atoms. The molecule has 1 aliphatic heterocycles. The molecule has 0 aromatic carbocycles. The number of carbonyl (C=O) groups is 2. The van der Waals surface area contributed by atoms with E-state index in [1.165, 1.54) is 0 Å². The van der Waals surface area contributed by atoms with Gasteiger partial charge >= 0.3 is 0 Å². The average Bonchev–Trinajstić information content (AvgIpc) is 2.82. The first-order valence-electron chi connectivity index (χ1n) is 8.10. The second-order valence-corrected chi connectivity index (χ2v) is 6.38. The lowest BCUT2D eigenvalue weighted by molar-refractivity contribution is -0.124. The number of aromatic nitrogens is 2. The summed E-state index contributed by atoms with van der Waals surface area (Å²) in [6, 6.07) is 5.83. The Bertz CT molecular complexity index is 767. The first-order chi connectivity index (χ1) is 11.5. The van der Waals surface area contributed by atoms with Crippen LogP contribution in [0.2, 0.25) is 0 Å². The molecule has 0 radical (unpaired) electrons. The minimum atomic E-state index is -0.104. The number of amides is 2. The molecule has 6 heteroatoms. The van der Waals surface area contributed by atoms with Gasteiger partial charge in [0.1, 0.15) is 0 Å². The maximum atomic E-state index is 12.9. The molecule has 2 amide bonds. The van der Waals surface area contributed by atoms with Crippen molar-refractivity contribution >= 4 is 11.8 Å². The Kier molecular flexibility index (Phi) is 4.38. The molecule has 1 aliphatic rings. The highest BCUT2D eigenvalue weighted by atomic mass is 16.2. The van der Waals surface area contributed by atoms with Crippen LogP contribution in [0.4, 0.5) is 0 Å². The van der Waals surface area contributed by atoms with Crippen molar-refractivity contribution < 1.29 is 9.59 Å². The lowest BCUT2D eigenvalue weighted by atomic mass is 10.1. The van der Waals surface area contributed by atoms with Crippen LogP contribution in [0.1, 0.15) is 34.2 Å². The summed E-state index contributed by atoms with van der Waals surface area (Å²) >= 11 is 0. The maximum absolute atomic E-state index is 12.9. The number of hydrogen-bond donors (Lipinski definition) is 1. The summed E-state index contributed by atoms with van der Waals surface area (Å²) < 4.78 is 2.12. The van der Waals surface area contributed by atoms with Crippen molar-refractivity contribution in [1.82, 2.24) is 19.8 Å². The Morgan fingerprint density at radius 1 is 1.33 bits per heavy atom. The minimum absolute atomic E-state index is 0.0180. The largest absolute Gasteiger partial charge is 0.350 e. The summed E-state index contributed by atoms with van der Waals surface area (Å²) in [6.45, 7) is 7.22. The van der Waals surface area contributed by atoms with Crippen molar-refractivity contribution in [3.05, 3.63) is 53.1 Å². The van der Waals surface area contributed by atoms with E-state index in [0.29, 0.717) is 18.7 Å². The number of piperazine rings is 1. The van der Waals surface area contributed by atoms with Gasteiger partial charge in [-0.2, -0.15) is 0 Å². The average molecular weight is 326 g/mol. The molecule has 1 saturated heterocycles. The number of hydrogen-bond acceptors (Lipinski definition) is 3. The third-order valence-corrected chi connectivity index (χ3v) is 4.42. The molecule has 1 N–H and O–H groups in total. The van der Waals surface area contributed by atoms with Crippen LogP contribution in [0.3, 0.4) is 0 Å². The van der Waals surface area contributed by atoms with Gasteiger partial charge in [-0.3, -0.25) is 14.6 Å². The van der Waals surface area contributed by atoms with Gasteiger partial charge in [0.25, 0.3) is 5.91 Å². The van der Waals surface area contributed by atoms with Crippen molar-refractivity contribution in [3.8, 4) is 0 Å². The second kappa shape index (κ2) is 6.47. The van der Waals surface area contributed by atoms with Gasteiger partial charge in [-0.25, -0.2) is 0 Å². The predicted octanol–water partition coefficient (Wildman–Crippen LogP) is 1.51. The van der Waals surface area contributed by atoms with Crippen LogP contribution < -0.4 is 5.32 Å². The Hall–Kier alpha value is -2.63. The molecule has 0 spiro atoms. The molecule has 1 unspecified atom stereocenters. The van der Waals surface area contributed by atoms with Crippen LogP contribution in [0.15, 0.2) is 30.6 Å². The summed E-state index contributed by atoms with van der Waals surface area (Å²) in [7, 11) is 0. The molecule has 6 nitrogen and oxygen atoms in total. The van der Waals surface area contributed by atoms with E-state index in [-0.39, 0.29) is 24.4 Å². The fourth-order valence-corrected chi connectivity index (χ4v) is 3.19. The second-order valence-electron chi connectivity index (χ2n) is 6.38. The Labute approximate surface area is 141 Å². The molecule has 1 atom stereocenters. The summed E-state index contributed by atoms with van der Waals surface area (Å²) in [4.78, 5) is 30.2. The van der Waals surface area contributed by atoms with Gasteiger partial charge in [-0.15, -0.1) is 0 Å². The minimum Gasteiger partial charge on any atom is -0.350 e. The summed E-state index contributed by atoms with van der Waals surface area (Å²) in [5, 5.41) is 2.84. The summed E-state index contributed by atoms with van der Waals surface area (Å²) in [5.41, 5.74) is 3.76. The molecule has 0 bridgehead atoms. The van der Waals surface area contributed by atoms with Crippen molar-refractivity contribution in [2.45, 2.75) is 33.4 Å². The van der Waals surface area contributed by atoms with Gasteiger partial charge in [-0.1, -0.05) is 0 Å². The van der Waals surface area contributed by atoms with Gasteiger partial charge in [0, 0.05) is 42.9 Å². The number of pyridine rings is 1. The first-order valence-corrected chi connectivity index (χ1v) is 8.10. The SMILES string of the molecule is Cc1cc(C(=O)N2CC(=O)NC(C)C2)c(C)n1Cc1ccncc1. The van der Waals surface area contributed by atoms with Crippen LogP contribution in [-0.4, -0.2) is 45.4 Å². The highest BCUT2D eigenvalue weighted by Gasteiger charge is 2.28. The molecule has 2 aromatic heterocycles. The summed E-state index contributed by atoms with van der Waals surface area (Å²) in [5.74, 6) is -0.182. The maximum Gasteiger partial charge on any atom is 0.256 e. The fourth-order valence-electron chi connectivity index (χ4n) is 3.19. The zero-order valence-corrected chi connectivity index (χ0v) is 14.2. The van der Waals surface area contributed by atoms with E-state index >= 15 is 0 Å². The molecular formula is C18H22N4O2. The molecular weight excluding hydrogens is 304 g/mol. The predicted molar refractivity (Wildman–Crippen MR) is 90.8 cm³/mol. The normalized spacial score (nSPS) is 17.7. The third-order valence-electron chi connectivity index (χ3n) is 4.42. The van der Waals surface area contributed by atoms with E-state index < -0.39 is 0 Å². The molecule has 3 rings (SSSR count). The smallest absolute Gasteiger partial charge is 0.256 e. The van der Waals surface area contributed by atoms with Crippen molar-refractivity contribution in [2.24, 2.45) is 0 Å². The number of nitrogens with one attached hydrogen (secondary N) is 1. The monoisotopic (exact) mass is 326 g/mol. The van der Waals surface area contributed by atoms with E-state index in [0.717, 1.165) is 17.0 Å². The van der Waals surface area contributed by atoms with Gasteiger partial charge in [0.2, 0.25) is 5.91 Å². The zero-order valence-electron chi connectivity index (χ0n) is 14.2. The van der Waals surface area contributed by atoms with E-state index in [9.17, 15) is 9.59 Å². The Morgan fingerprint density at radius 3 is 2.71 bits per heavy atom. The highest BCUT2D eigenvalue weighted by molar-refractivity contribution is 5.98. The van der Waals surface area contributed by atoms with Crippen LogP contribution in [-0.2, 0) is 11.3 Å². The quantitative estimate of drug-likeness (QED) is 0.930. The van der Waals surface area contributed by atoms with Crippen molar-refractivity contribution in [2.75, 3.05) is 13.1 Å². The fraction of sp³-hybridized carbons (Fsp3) is 0.389. The molecule has 2 aromatic rings. The number of nitrogens with zero attached hydrogens (tertiary/aromatic N) is 3. The molecule has 126 valence electrons. The molecule has 1 fully saturated rings. The zero-order chi connectivity index (χ0) is 17.3. The van der Waals surface area contributed by atoms with Crippen LogP contribution in [0, 0.1) is 13.8 Å².